The third-order valence-electron chi connectivity index (χ3n) is 2.77. The summed E-state index contributed by atoms with van der Waals surface area (Å²) in [6.07, 6.45) is 5.49. The van der Waals surface area contributed by atoms with Gasteiger partial charge in [-0.2, -0.15) is 10.2 Å². The molecule has 0 spiro atoms. The Morgan fingerprint density at radius 2 is 2.24 bits per heavy atom. The Morgan fingerprint density at radius 1 is 1.41 bits per heavy atom. The predicted molar refractivity (Wildman–Crippen MR) is 64.4 cm³/mol. The van der Waals surface area contributed by atoms with Gasteiger partial charge < -0.3 is 5.32 Å². The third-order valence-corrected chi connectivity index (χ3v) is 2.77. The second kappa shape index (κ2) is 5.09. The average molecular weight is 234 g/mol. The van der Waals surface area contributed by atoms with Crippen molar-refractivity contribution in [2.45, 2.75) is 26.4 Å². The van der Waals surface area contributed by atoms with Gasteiger partial charge in [0.15, 0.2) is 0 Å². The first-order valence-electron chi connectivity index (χ1n) is 5.79. The van der Waals surface area contributed by atoms with E-state index in [2.05, 4.69) is 34.3 Å². The number of nitrogens with one attached hydrogen (secondary N) is 1. The molecule has 0 aliphatic heterocycles. The summed E-state index contributed by atoms with van der Waals surface area (Å²) < 4.78 is 3.64. The summed E-state index contributed by atoms with van der Waals surface area (Å²) in [4.78, 5) is 4.18. The maximum absolute atomic E-state index is 4.33. The molecule has 0 aliphatic carbocycles. The quantitative estimate of drug-likeness (QED) is 0.828. The van der Waals surface area contributed by atoms with Crippen LogP contribution < -0.4 is 5.32 Å². The summed E-state index contributed by atoms with van der Waals surface area (Å²) in [7, 11) is 1.88. The molecular weight excluding hydrogens is 216 g/mol. The average Bonchev–Trinajstić information content (AvgIpc) is 2.90. The lowest BCUT2D eigenvalue weighted by molar-refractivity contribution is 0.590. The molecule has 2 rings (SSSR count). The molecular formula is C11H18N6. The molecule has 0 bridgehead atoms. The van der Waals surface area contributed by atoms with E-state index in [1.807, 2.05) is 24.1 Å². The van der Waals surface area contributed by atoms with E-state index in [1.54, 1.807) is 11.0 Å². The van der Waals surface area contributed by atoms with E-state index in [9.17, 15) is 0 Å². The minimum atomic E-state index is 0.327. The van der Waals surface area contributed by atoms with Crippen molar-refractivity contribution in [1.29, 1.82) is 0 Å². The highest BCUT2D eigenvalue weighted by molar-refractivity contribution is 5.09. The van der Waals surface area contributed by atoms with Gasteiger partial charge in [-0.15, -0.1) is 0 Å². The first-order chi connectivity index (χ1) is 8.20. The number of aryl methyl sites for hydroxylation is 1. The SMILES string of the molecule is CCNC(C)c1cnn(Cc2ncnn2C)c1. The Hall–Kier alpha value is -1.69. The Morgan fingerprint density at radius 3 is 2.88 bits per heavy atom. The highest BCUT2D eigenvalue weighted by Gasteiger charge is 2.08. The number of hydrogen-bond donors (Lipinski definition) is 1. The molecule has 0 radical (unpaired) electrons. The Balaban J connectivity index is 2.06. The smallest absolute Gasteiger partial charge is 0.148 e. The molecule has 92 valence electrons. The fraction of sp³-hybridized carbons (Fsp3) is 0.545. The van der Waals surface area contributed by atoms with E-state index in [-0.39, 0.29) is 0 Å². The van der Waals surface area contributed by atoms with E-state index >= 15 is 0 Å². The first kappa shape index (κ1) is 11.8. The largest absolute Gasteiger partial charge is 0.310 e. The zero-order chi connectivity index (χ0) is 12.3. The Bertz CT molecular complexity index is 472. The van der Waals surface area contributed by atoms with Gasteiger partial charge >= 0.3 is 0 Å². The Kier molecular flexibility index (Phi) is 3.53. The highest BCUT2D eigenvalue weighted by atomic mass is 15.3. The van der Waals surface area contributed by atoms with Crippen molar-refractivity contribution in [3.8, 4) is 0 Å². The molecule has 1 atom stereocenters. The summed E-state index contributed by atoms with van der Waals surface area (Å²) in [5.41, 5.74) is 1.19. The van der Waals surface area contributed by atoms with Crippen molar-refractivity contribution in [2.75, 3.05) is 6.54 Å². The lowest BCUT2D eigenvalue weighted by Crippen LogP contribution is -2.17. The van der Waals surface area contributed by atoms with Gasteiger partial charge in [0.2, 0.25) is 0 Å². The molecule has 6 heteroatoms. The molecule has 0 fully saturated rings. The molecule has 6 nitrogen and oxygen atoms in total. The third kappa shape index (κ3) is 2.71. The van der Waals surface area contributed by atoms with Crippen molar-refractivity contribution in [2.24, 2.45) is 7.05 Å². The van der Waals surface area contributed by atoms with Crippen molar-refractivity contribution in [3.05, 3.63) is 30.1 Å². The lowest BCUT2D eigenvalue weighted by Gasteiger charge is -2.08. The van der Waals surface area contributed by atoms with E-state index in [0.717, 1.165) is 12.4 Å². The van der Waals surface area contributed by atoms with Gasteiger partial charge in [0.1, 0.15) is 18.7 Å². The molecule has 0 aliphatic rings. The van der Waals surface area contributed by atoms with Crippen LogP contribution in [0.4, 0.5) is 0 Å². The topological polar surface area (TPSA) is 60.6 Å². The van der Waals surface area contributed by atoms with Crippen LogP contribution >= 0.6 is 0 Å². The van der Waals surface area contributed by atoms with Crippen LogP contribution in [0.2, 0.25) is 0 Å². The Labute approximate surface area is 101 Å². The monoisotopic (exact) mass is 234 g/mol. The molecule has 2 aromatic rings. The molecule has 2 aromatic heterocycles. The highest BCUT2D eigenvalue weighted by Crippen LogP contribution is 2.10. The summed E-state index contributed by atoms with van der Waals surface area (Å²) >= 11 is 0. The van der Waals surface area contributed by atoms with Gasteiger partial charge in [0.05, 0.1) is 6.20 Å². The van der Waals surface area contributed by atoms with Crippen LogP contribution in [0.3, 0.4) is 0 Å². The van der Waals surface area contributed by atoms with Crippen LogP contribution in [0.15, 0.2) is 18.7 Å². The number of rotatable bonds is 5. The molecule has 0 saturated carbocycles. The molecule has 17 heavy (non-hydrogen) atoms. The zero-order valence-electron chi connectivity index (χ0n) is 10.5. The fourth-order valence-electron chi connectivity index (χ4n) is 1.72. The van der Waals surface area contributed by atoms with Crippen molar-refractivity contribution >= 4 is 0 Å². The van der Waals surface area contributed by atoms with Crippen LogP contribution in [0, 0.1) is 0 Å². The summed E-state index contributed by atoms with van der Waals surface area (Å²) in [5.74, 6) is 0.899. The maximum atomic E-state index is 4.33. The van der Waals surface area contributed by atoms with E-state index in [0.29, 0.717) is 12.6 Å². The van der Waals surface area contributed by atoms with Gasteiger partial charge in [-0.3, -0.25) is 9.36 Å². The van der Waals surface area contributed by atoms with Gasteiger partial charge in [-0.1, -0.05) is 6.92 Å². The zero-order valence-corrected chi connectivity index (χ0v) is 10.5. The van der Waals surface area contributed by atoms with Gasteiger partial charge in [0.25, 0.3) is 0 Å². The minimum absolute atomic E-state index is 0.327. The minimum Gasteiger partial charge on any atom is -0.310 e. The van der Waals surface area contributed by atoms with Gasteiger partial charge in [-0.05, 0) is 13.5 Å². The second-order valence-electron chi connectivity index (χ2n) is 4.05. The van der Waals surface area contributed by atoms with Crippen molar-refractivity contribution in [3.63, 3.8) is 0 Å². The lowest BCUT2D eigenvalue weighted by atomic mass is 10.2. The second-order valence-corrected chi connectivity index (χ2v) is 4.05. The van der Waals surface area contributed by atoms with Crippen molar-refractivity contribution in [1.82, 2.24) is 29.9 Å². The predicted octanol–water partition coefficient (Wildman–Crippen LogP) is 0.730. The summed E-state index contributed by atoms with van der Waals surface area (Å²) in [6.45, 7) is 5.83. The molecule has 2 heterocycles. The standard InChI is InChI=1S/C11H18N6/c1-4-12-9(2)10-5-14-17(6-10)7-11-13-8-15-16(11)3/h5-6,8-9,12H,4,7H2,1-3H3. The molecule has 1 unspecified atom stereocenters. The van der Waals surface area contributed by atoms with Crippen LogP contribution in [-0.4, -0.2) is 31.1 Å². The number of aromatic nitrogens is 5. The molecule has 0 aromatic carbocycles. The van der Waals surface area contributed by atoms with Crippen LogP contribution in [-0.2, 0) is 13.6 Å². The summed E-state index contributed by atoms with van der Waals surface area (Å²) in [5, 5.41) is 11.7. The van der Waals surface area contributed by atoms with Crippen molar-refractivity contribution < 1.29 is 0 Å². The maximum Gasteiger partial charge on any atom is 0.148 e. The number of hydrogen-bond acceptors (Lipinski definition) is 4. The first-order valence-corrected chi connectivity index (χ1v) is 5.79. The van der Waals surface area contributed by atoms with Gasteiger partial charge in [0, 0.05) is 24.8 Å². The molecule has 1 N–H and O–H groups in total. The van der Waals surface area contributed by atoms with Gasteiger partial charge in [-0.25, -0.2) is 4.98 Å². The van der Waals surface area contributed by atoms with E-state index < -0.39 is 0 Å². The van der Waals surface area contributed by atoms with E-state index in [4.69, 9.17) is 0 Å². The summed E-state index contributed by atoms with van der Waals surface area (Å²) in [6, 6.07) is 0.327. The fourth-order valence-corrected chi connectivity index (χ4v) is 1.72. The molecule has 0 saturated heterocycles. The van der Waals surface area contributed by atoms with Crippen LogP contribution in [0.25, 0.3) is 0 Å². The normalized spacial score (nSPS) is 12.9. The van der Waals surface area contributed by atoms with Crippen LogP contribution in [0.1, 0.15) is 31.3 Å². The molecule has 0 amide bonds. The van der Waals surface area contributed by atoms with E-state index in [1.165, 1.54) is 5.56 Å². The number of nitrogens with zero attached hydrogens (tertiary/aromatic N) is 5. The van der Waals surface area contributed by atoms with Crippen LogP contribution in [0.5, 0.6) is 0 Å².